The van der Waals surface area contributed by atoms with E-state index in [1.165, 1.54) is 5.56 Å². The molecule has 3 atom stereocenters. The number of aryl methyl sites for hydroxylation is 1. The number of hydrogen-bond donors (Lipinski definition) is 2. The zero-order valence-electron chi connectivity index (χ0n) is 11.4. The van der Waals surface area contributed by atoms with Crippen molar-refractivity contribution in [3.8, 4) is 0 Å². The van der Waals surface area contributed by atoms with Crippen LogP contribution in [0.15, 0.2) is 24.3 Å². The molecule has 0 aromatic heterocycles. The molecular weight excluding hydrogens is 224 g/mol. The van der Waals surface area contributed by atoms with Crippen molar-refractivity contribution >= 4 is 5.91 Å². The van der Waals surface area contributed by atoms with Crippen LogP contribution in [0.1, 0.15) is 31.0 Å². The van der Waals surface area contributed by atoms with Gasteiger partial charge in [-0.25, -0.2) is 0 Å². The van der Waals surface area contributed by atoms with Gasteiger partial charge < -0.3 is 10.6 Å². The molecule has 0 bridgehead atoms. The Morgan fingerprint density at radius 1 is 1.33 bits per heavy atom. The second-order valence-electron chi connectivity index (χ2n) is 5.38. The summed E-state index contributed by atoms with van der Waals surface area (Å²) in [5, 5.41) is 6.37. The minimum absolute atomic E-state index is 0.0749. The van der Waals surface area contributed by atoms with Crippen LogP contribution in [-0.4, -0.2) is 19.0 Å². The van der Waals surface area contributed by atoms with Crippen molar-refractivity contribution in [2.75, 3.05) is 13.1 Å². The average Bonchev–Trinajstić information content (AvgIpc) is 2.76. The Labute approximate surface area is 109 Å². The average molecular weight is 246 g/mol. The summed E-state index contributed by atoms with van der Waals surface area (Å²) in [6.45, 7) is 7.97. The summed E-state index contributed by atoms with van der Waals surface area (Å²) in [7, 11) is 0. The first kappa shape index (κ1) is 13.1. The lowest BCUT2D eigenvalue weighted by atomic mass is 9.96. The molecule has 1 fully saturated rings. The summed E-state index contributed by atoms with van der Waals surface area (Å²) < 4.78 is 0. The first-order valence-corrected chi connectivity index (χ1v) is 6.65. The Morgan fingerprint density at radius 3 is 2.56 bits per heavy atom. The van der Waals surface area contributed by atoms with Crippen molar-refractivity contribution in [3.63, 3.8) is 0 Å². The lowest BCUT2D eigenvalue weighted by Crippen LogP contribution is -2.35. The molecule has 1 saturated heterocycles. The third-order valence-corrected chi connectivity index (χ3v) is 3.79. The van der Waals surface area contributed by atoms with E-state index in [1.54, 1.807) is 0 Å². The molecule has 0 radical (unpaired) electrons. The van der Waals surface area contributed by atoms with Crippen LogP contribution in [0, 0.1) is 18.8 Å². The summed E-state index contributed by atoms with van der Waals surface area (Å²) in [6, 6.07) is 8.40. The number of nitrogens with one attached hydrogen (secondary N) is 2. The molecule has 0 spiro atoms. The van der Waals surface area contributed by atoms with E-state index in [4.69, 9.17) is 0 Å². The number of amides is 1. The van der Waals surface area contributed by atoms with Crippen molar-refractivity contribution < 1.29 is 4.79 Å². The van der Waals surface area contributed by atoms with E-state index in [1.807, 2.05) is 6.92 Å². The number of carbonyl (C=O) groups is 1. The monoisotopic (exact) mass is 246 g/mol. The zero-order valence-corrected chi connectivity index (χ0v) is 11.4. The van der Waals surface area contributed by atoms with Crippen molar-refractivity contribution in [1.82, 2.24) is 10.6 Å². The molecule has 0 saturated carbocycles. The van der Waals surface area contributed by atoms with Gasteiger partial charge >= 0.3 is 0 Å². The largest absolute Gasteiger partial charge is 0.349 e. The van der Waals surface area contributed by atoms with Crippen molar-refractivity contribution in [2.45, 2.75) is 26.8 Å². The summed E-state index contributed by atoms with van der Waals surface area (Å²) in [5.74, 6) is 0.702. The molecule has 1 amide bonds. The van der Waals surface area contributed by atoms with Gasteiger partial charge in [0.05, 0.1) is 12.0 Å². The highest BCUT2D eigenvalue weighted by molar-refractivity contribution is 5.80. The van der Waals surface area contributed by atoms with Crippen molar-refractivity contribution in [3.05, 3.63) is 35.4 Å². The topological polar surface area (TPSA) is 41.1 Å². The number of carbonyl (C=O) groups excluding carboxylic acids is 1. The fraction of sp³-hybridized carbons (Fsp3) is 0.533. The smallest absolute Gasteiger partial charge is 0.225 e. The Kier molecular flexibility index (Phi) is 4.02. The quantitative estimate of drug-likeness (QED) is 0.857. The van der Waals surface area contributed by atoms with E-state index in [2.05, 4.69) is 48.7 Å². The third-order valence-electron chi connectivity index (χ3n) is 3.79. The van der Waals surface area contributed by atoms with Gasteiger partial charge in [0.25, 0.3) is 0 Å². The van der Waals surface area contributed by atoms with Crippen LogP contribution < -0.4 is 10.6 Å². The molecule has 0 unspecified atom stereocenters. The van der Waals surface area contributed by atoms with Crippen LogP contribution >= 0.6 is 0 Å². The van der Waals surface area contributed by atoms with Gasteiger partial charge in [0.1, 0.15) is 0 Å². The van der Waals surface area contributed by atoms with E-state index in [0.29, 0.717) is 5.92 Å². The molecule has 98 valence electrons. The normalized spacial score (nSPS) is 24.8. The molecule has 0 aliphatic carbocycles. The standard InChI is InChI=1S/C15H22N2O/c1-10-4-6-13(7-5-10)12(3)17-15(18)14-9-16-8-11(14)2/h4-7,11-12,14,16H,8-9H2,1-3H3,(H,17,18)/t11-,12+,14-/m1/s1. The van der Waals surface area contributed by atoms with E-state index < -0.39 is 0 Å². The molecule has 2 N–H and O–H groups in total. The van der Waals surface area contributed by atoms with Gasteiger partial charge in [-0.3, -0.25) is 4.79 Å². The number of hydrogen-bond acceptors (Lipinski definition) is 2. The Bertz CT molecular complexity index is 413. The lowest BCUT2D eigenvalue weighted by Gasteiger charge is -2.19. The van der Waals surface area contributed by atoms with Crippen LogP contribution in [0.25, 0.3) is 0 Å². The van der Waals surface area contributed by atoms with Gasteiger partial charge in [0.15, 0.2) is 0 Å². The second kappa shape index (κ2) is 5.53. The molecule has 1 heterocycles. The Morgan fingerprint density at radius 2 is 2.00 bits per heavy atom. The minimum Gasteiger partial charge on any atom is -0.349 e. The van der Waals surface area contributed by atoms with Crippen molar-refractivity contribution in [2.24, 2.45) is 11.8 Å². The summed E-state index contributed by atoms with van der Waals surface area (Å²) >= 11 is 0. The number of benzene rings is 1. The maximum Gasteiger partial charge on any atom is 0.225 e. The molecule has 3 nitrogen and oxygen atoms in total. The summed E-state index contributed by atoms with van der Waals surface area (Å²) in [4.78, 5) is 12.2. The van der Waals surface area contributed by atoms with Gasteiger partial charge in [-0.15, -0.1) is 0 Å². The molecule has 1 aliphatic heterocycles. The zero-order chi connectivity index (χ0) is 13.1. The molecule has 1 aromatic rings. The van der Waals surface area contributed by atoms with Gasteiger partial charge in [-0.1, -0.05) is 36.8 Å². The predicted octanol–water partition coefficient (Wildman–Crippen LogP) is 2.03. The highest BCUT2D eigenvalue weighted by Gasteiger charge is 2.30. The van der Waals surface area contributed by atoms with Gasteiger partial charge in [0, 0.05) is 6.54 Å². The van der Waals surface area contributed by atoms with Gasteiger partial charge in [-0.2, -0.15) is 0 Å². The molecule has 18 heavy (non-hydrogen) atoms. The highest BCUT2D eigenvalue weighted by atomic mass is 16.2. The van der Waals surface area contributed by atoms with E-state index >= 15 is 0 Å². The molecular formula is C15H22N2O. The van der Waals surface area contributed by atoms with Crippen molar-refractivity contribution in [1.29, 1.82) is 0 Å². The summed E-state index contributed by atoms with van der Waals surface area (Å²) in [6.07, 6.45) is 0. The molecule has 3 heteroatoms. The molecule has 2 rings (SSSR count). The van der Waals surface area contributed by atoms with Gasteiger partial charge in [-0.05, 0) is 31.9 Å². The Hall–Kier alpha value is -1.35. The van der Waals surface area contributed by atoms with Crippen LogP contribution in [0.2, 0.25) is 0 Å². The number of rotatable bonds is 3. The third kappa shape index (κ3) is 2.91. The van der Waals surface area contributed by atoms with E-state index in [-0.39, 0.29) is 17.9 Å². The lowest BCUT2D eigenvalue weighted by molar-refractivity contribution is -0.126. The fourth-order valence-electron chi connectivity index (χ4n) is 2.42. The van der Waals surface area contributed by atoms with Crippen LogP contribution in [0.4, 0.5) is 0 Å². The fourth-order valence-corrected chi connectivity index (χ4v) is 2.42. The highest BCUT2D eigenvalue weighted by Crippen LogP contribution is 2.19. The molecule has 1 aliphatic rings. The maximum absolute atomic E-state index is 12.2. The maximum atomic E-state index is 12.2. The SMILES string of the molecule is Cc1ccc([C@H](C)NC(=O)[C@@H]2CNC[C@H]2C)cc1. The summed E-state index contributed by atoms with van der Waals surface area (Å²) in [5.41, 5.74) is 2.40. The predicted molar refractivity (Wildman–Crippen MR) is 73.3 cm³/mol. The minimum atomic E-state index is 0.0749. The van der Waals surface area contributed by atoms with Crippen LogP contribution in [-0.2, 0) is 4.79 Å². The van der Waals surface area contributed by atoms with E-state index in [0.717, 1.165) is 18.7 Å². The first-order chi connectivity index (χ1) is 8.58. The van der Waals surface area contributed by atoms with Gasteiger partial charge in [0.2, 0.25) is 5.91 Å². The van der Waals surface area contributed by atoms with Crippen LogP contribution in [0.5, 0.6) is 0 Å². The second-order valence-corrected chi connectivity index (χ2v) is 5.38. The molecule has 1 aromatic carbocycles. The van der Waals surface area contributed by atoms with E-state index in [9.17, 15) is 4.79 Å². The Balaban J connectivity index is 1.96. The van der Waals surface area contributed by atoms with Crippen LogP contribution in [0.3, 0.4) is 0 Å². The first-order valence-electron chi connectivity index (χ1n) is 6.65.